The lowest BCUT2D eigenvalue weighted by atomic mass is 9.86. The lowest BCUT2D eigenvalue weighted by Gasteiger charge is -2.27. The highest BCUT2D eigenvalue weighted by molar-refractivity contribution is 6.26. The number of nitrogens with zero attached hydrogens (tertiary/aromatic N) is 1. The minimum absolute atomic E-state index is 0.0762. The van der Waals surface area contributed by atoms with Gasteiger partial charge in [-0.1, -0.05) is 148 Å². The van der Waals surface area contributed by atoms with E-state index in [0.29, 0.717) is 0 Å². The van der Waals surface area contributed by atoms with Crippen molar-refractivity contribution in [3.63, 3.8) is 0 Å². The van der Waals surface area contributed by atoms with Crippen molar-refractivity contribution in [3.05, 3.63) is 163 Å². The maximum atomic E-state index is 6.99. The molecule has 0 aliphatic rings. The van der Waals surface area contributed by atoms with E-state index in [1.54, 1.807) is 0 Å². The molecule has 8 aromatic carbocycles. The summed E-state index contributed by atoms with van der Waals surface area (Å²) in [6.45, 7) is 6.73. The molecule has 0 radical (unpaired) electrons. The monoisotopic (exact) mass is 657 g/mol. The number of hydrogen-bond acceptors (Lipinski definition) is 3. The molecule has 2 heterocycles. The number of fused-ring (bicyclic) bond motifs is 10. The zero-order chi connectivity index (χ0) is 34.3. The van der Waals surface area contributed by atoms with Gasteiger partial charge < -0.3 is 13.7 Å². The van der Waals surface area contributed by atoms with Crippen LogP contribution in [0.15, 0.2) is 167 Å². The van der Waals surface area contributed by atoms with E-state index >= 15 is 0 Å². The molecule has 0 amide bonds. The van der Waals surface area contributed by atoms with E-state index in [-0.39, 0.29) is 5.41 Å². The van der Waals surface area contributed by atoms with Crippen molar-refractivity contribution >= 4 is 82.5 Å². The fourth-order valence-electron chi connectivity index (χ4n) is 7.95. The van der Waals surface area contributed by atoms with Crippen LogP contribution in [0.25, 0.3) is 76.5 Å². The van der Waals surface area contributed by atoms with Gasteiger partial charge in [-0.2, -0.15) is 0 Å². The van der Waals surface area contributed by atoms with Crippen molar-refractivity contribution in [1.29, 1.82) is 0 Å². The molecule has 0 spiro atoms. The van der Waals surface area contributed by atoms with Crippen molar-refractivity contribution in [1.82, 2.24) is 0 Å². The van der Waals surface area contributed by atoms with Gasteiger partial charge in [0.15, 0.2) is 5.58 Å². The van der Waals surface area contributed by atoms with E-state index in [4.69, 9.17) is 8.83 Å². The molecular formula is C48H35NO2. The topological polar surface area (TPSA) is 29.5 Å². The van der Waals surface area contributed by atoms with Crippen LogP contribution < -0.4 is 4.90 Å². The molecule has 10 rings (SSSR count). The number of benzene rings is 8. The van der Waals surface area contributed by atoms with Crippen LogP contribution in [0.5, 0.6) is 0 Å². The Hall–Kier alpha value is -6.32. The molecule has 0 N–H and O–H groups in total. The van der Waals surface area contributed by atoms with E-state index in [0.717, 1.165) is 77.1 Å². The number of rotatable bonds is 4. The highest BCUT2D eigenvalue weighted by Gasteiger charge is 2.26. The summed E-state index contributed by atoms with van der Waals surface area (Å²) < 4.78 is 13.8. The fourth-order valence-corrected chi connectivity index (χ4v) is 7.95. The lowest BCUT2D eigenvalue weighted by Crippen LogP contribution is -2.11. The first-order valence-corrected chi connectivity index (χ1v) is 17.6. The van der Waals surface area contributed by atoms with Crippen LogP contribution in [0, 0.1) is 0 Å². The third-order valence-corrected chi connectivity index (χ3v) is 10.4. The summed E-state index contributed by atoms with van der Waals surface area (Å²) in [4.78, 5) is 2.35. The molecule has 0 aliphatic carbocycles. The largest absolute Gasteiger partial charge is 0.455 e. The van der Waals surface area contributed by atoms with Crippen molar-refractivity contribution in [2.75, 3.05) is 4.90 Å². The van der Waals surface area contributed by atoms with Gasteiger partial charge in [-0.25, -0.2) is 0 Å². The minimum Gasteiger partial charge on any atom is -0.455 e. The first kappa shape index (κ1) is 29.6. The standard InChI is InChI=1S/C48H35NO2/c1-48(2,3)40-21-11-19-37-38-20-12-22-41(47(38)51-46(37)40)49(33-26-23-31(24-27-33)30-13-5-4-6-14-30)42-29-43-44(36-18-10-9-17-35(36)42)39-28-25-32-15-7-8-16-34(32)45(39)50-43/h4-29H,1-3H3. The van der Waals surface area contributed by atoms with E-state index < -0.39 is 0 Å². The minimum atomic E-state index is -0.0762. The molecule has 2 aromatic heterocycles. The maximum absolute atomic E-state index is 6.99. The van der Waals surface area contributed by atoms with Gasteiger partial charge >= 0.3 is 0 Å². The van der Waals surface area contributed by atoms with Gasteiger partial charge in [0.1, 0.15) is 16.7 Å². The number of hydrogen-bond donors (Lipinski definition) is 0. The highest BCUT2D eigenvalue weighted by atomic mass is 16.3. The van der Waals surface area contributed by atoms with Gasteiger partial charge in [0.05, 0.1) is 11.4 Å². The molecule has 0 aliphatic heterocycles. The number of furan rings is 2. The summed E-state index contributed by atoms with van der Waals surface area (Å²) >= 11 is 0. The average molecular weight is 658 g/mol. The third kappa shape index (κ3) is 4.58. The van der Waals surface area contributed by atoms with Crippen molar-refractivity contribution in [2.24, 2.45) is 0 Å². The Labute approximate surface area is 296 Å². The molecule has 51 heavy (non-hydrogen) atoms. The predicted octanol–water partition coefficient (Wildman–Crippen LogP) is 14.2. The lowest BCUT2D eigenvalue weighted by molar-refractivity contribution is 0.573. The van der Waals surface area contributed by atoms with Gasteiger partial charge in [-0.15, -0.1) is 0 Å². The van der Waals surface area contributed by atoms with Gasteiger partial charge in [-0.3, -0.25) is 0 Å². The molecule has 10 aromatic rings. The summed E-state index contributed by atoms with van der Waals surface area (Å²) in [7, 11) is 0. The van der Waals surface area contributed by atoms with E-state index in [2.05, 4.69) is 183 Å². The number of anilines is 3. The number of para-hydroxylation sites is 2. The second-order valence-corrected chi connectivity index (χ2v) is 14.5. The first-order chi connectivity index (χ1) is 24.9. The van der Waals surface area contributed by atoms with Crippen LogP contribution in [0.1, 0.15) is 26.3 Å². The summed E-state index contributed by atoms with van der Waals surface area (Å²) in [6, 6.07) is 56.2. The van der Waals surface area contributed by atoms with Crippen molar-refractivity contribution in [2.45, 2.75) is 26.2 Å². The van der Waals surface area contributed by atoms with E-state index in [1.807, 2.05) is 0 Å². The molecule has 0 atom stereocenters. The normalized spacial score (nSPS) is 12.2. The quantitative estimate of drug-likeness (QED) is 0.189. The SMILES string of the molecule is CC(C)(C)c1cccc2c1oc1c(N(c3ccc(-c4ccccc4)cc3)c3cc4oc5c6ccccc6ccc5c4c4ccccc34)cccc12. The highest BCUT2D eigenvalue weighted by Crippen LogP contribution is 2.48. The maximum Gasteiger partial charge on any atom is 0.159 e. The van der Waals surface area contributed by atoms with Crippen LogP contribution in [0.3, 0.4) is 0 Å². The Kier molecular flexibility index (Phi) is 6.44. The Balaban J connectivity index is 1.29. The molecule has 3 nitrogen and oxygen atoms in total. The molecule has 244 valence electrons. The van der Waals surface area contributed by atoms with Gasteiger partial charge in [0.25, 0.3) is 0 Å². The summed E-state index contributed by atoms with van der Waals surface area (Å²) in [6.07, 6.45) is 0. The summed E-state index contributed by atoms with van der Waals surface area (Å²) in [5.41, 5.74) is 10.1. The Bertz CT molecular complexity index is 2940. The second-order valence-electron chi connectivity index (χ2n) is 14.5. The zero-order valence-corrected chi connectivity index (χ0v) is 28.8. The summed E-state index contributed by atoms with van der Waals surface area (Å²) in [5.74, 6) is 0. The first-order valence-electron chi connectivity index (χ1n) is 17.6. The van der Waals surface area contributed by atoms with Gasteiger partial charge in [-0.05, 0) is 51.6 Å². The van der Waals surface area contributed by atoms with E-state index in [9.17, 15) is 0 Å². The van der Waals surface area contributed by atoms with Crippen LogP contribution in [0.2, 0.25) is 0 Å². The predicted molar refractivity (Wildman–Crippen MR) is 215 cm³/mol. The van der Waals surface area contributed by atoms with Crippen LogP contribution >= 0.6 is 0 Å². The second kappa shape index (κ2) is 11.1. The Morgan fingerprint density at radius 2 is 1.08 bits per heavy atom. The van der Waals surface area contributed by atoms with Crippen molar-refractivity contribution in [3.8, 4) is 11.1 Å². The van der Waals surface area contributed by atoms with Crippen LogP contribution in [0.4, 0.5) is 17.1 Å². The molecule has 0 saturated heterocycles. The summed E-state index contributed by atoms with van der Waals surface area (Å²) in [5, 5.41) is 9.05. The molecule has 0 saturated carbocycles. The van der Waals surface area contributed by atoms with Gasteiger partial charge in [0, 0.05) is 49.6 Å². The Morgan fingerprint density at radius 3 is 1.86 bits per heavy atom. The Morgan fingerprint density at radius 1 is 0.431 bits per heavy atom. The van der Waals surface area contributed by atoms with Crippen molar-refractivity contribution < 1.29 is 8.83 Å². The van der Waals surface area contributed by atoms with Crippen LogP contribution in [-0.4, -0.2) is 0 Å². The molecule has 3 heteroatoms. The zero-order valence-electron chi connectivity index (χ0n) is 28.8. The molecule has 0 unspecified atom stereocenters. The third-order valence-electron chi connectivity index (χ3n) is 10.4. The molecule has 0 fully saturated rings. The average Bonchev–Trinajstić information content (AvgIpc) is 3.75. The van der Waals surface area contributed by atoms with Gasteiger partial charge in [0.2, 0.25) is 0 Å². The fraction of sp³-hybridized carbons (Fsp3) is 0.0833. The smallest absolute Gasteiger partial charge is 0.159 e. The van der Waals surface area contributed by atoms with E-state index in [1.165, 1.54) is 22.1 Å². The molecule has 0 bridgehead atoms. The molecular weight excluding hydrogens is 623 g/mol. The van der Waals surface area contributed by atoms with Crippen LogP contribution in [-0.2, 0) is 5.41 Å².